The Hall–Kier alpha value is -0.630. The van der Waals surface area contributed by atoms with E-state index in [0.29, 0.717) is 0 Å². The molecular formula is C17H32N4. The summed E-state index contributed by atoms with van der Waals surface area (Å²) in [6.45, 7) is 12.5. The molecule has 2 aliphatic rings. The van der Waals surface area contributed by atoms with Crippen LogP contribution in [0, 0.1) is 17.2 Å². The highest BCUT2D eigenvalue weighted by atomic mass is 15.3. The lowest BCUT2D eigenvalue weighted by atomic mass is 9.97. The van der Waals surface area contributed by atoms with Gasteiger partial charge in [-0.3, -0.25) is 5.32 Å². The molecule has 2 fully saturated rings. The summed E-state index contributed by atoms with van der Waals surface area (Å²) in [5.74, 6) is 1.01. The van der Waals surface area contributed by atoms with E-state index in [1.807, 2.05) is 6.92 Å². The van der Waals surface area contributed by atoms with Gasteiger partial charge in [-0.1, -0.05) is 6.92 Å². The minimum absolute atomic E-state index is 0.343. The maximum atomic E-state index is 9.34. The monoisotopic (exact) mass is 292 g/mol. The number of nitriles is 1. The number of hydrogen-bond donors (Lipinski definition) is 1. The third-order valence-electron chi connectivity index (χ3n) is 4.84. The Labute approximate surface area is 130 Å². The smallest absolute Gasteiger partial charge is 0.103 e. The van der Waals surface area contributed by atoms with Gasteiger partial charge in [0.25, 0.3) is 0 Å². The van der Waals surface area contributed by atoms with Crippen molar-refractivity contribution >= 4 is 0 Å². The van der Waals surface area contributed by atoms with Crippen LogP contribution < -0.4 is 5.32 Å². The van der Waals surface area contributed by atoms with Gasteiger partial charge in [-0.25, -0.2) is 0 Å². The summed E-state index contributed by atoms with van der Waals surface area (Å²) in [6.07, 6.45) is 6.06. The molecular weight excluding hydrogens is 260 g/mol. The summed E-state index contributed by atoms with van der Waals surface area (Å²) in [7, 11) is 0. The van der Waals surface area contributed by atoms with Gasteiger partial charge in [0, 0.05) is 32.7 Å². The topological polar surface area (TPSA) is 42.3 Å². The predicted molar refractivity (Wildman–Crippen MR) is 87.1 cm³/mol. The average Bonchev–Trinajstić information content (AvgIpc) is 3.31. The Morgan fingerprint density at radius 3 is 2.43 bits per heavy atom. The van der Waals surface area contributed by atoms with Crippen molar-refractivity contribution in [1.29, 1.82) is 5.26 Å². The fourth-order valence-electron chi connectivity index (χ4n) is 3.10. The zero-order chi connectivity index (χ0) is 15.1. The largest absolute Gasteiger partial charge is 0.301 e. The SMILES string of the molecule is CCCNC(C)(C#N)CCCN1CCN(CC2CC2)CC1. The van der Waals surface area contributed by atoms with Crippen molar-refractivity contribution < 1.29 is 0 Å². The highest BCUT2D eigenvalue weighted by molar-refractivity contribution is 5.03. The second-order valence-corrected chi connectivity index (χ2v) is 7.06. The van der Waals surface area contributed by atoms with Crippen LogP contribution in [0.3, 0.4) is 0 Å². The van der Waals surface area contributed by atoms with E-state index >= 15 is 0 Å². The first-order valence-electron chi connectivity index (χ1n) is 8.76. The maximum Gasteiger partial charge on any atom is 0.103 e. The van der Waals surface area contributed by atoms with Crippen molar-refractivity contribution in [2.24, 2.45) is 5.92 Å². The lowest BCUT2D eigenvalue weighted by Crippen LogP contribution is -2.47. The van der Waals surface area contributed by atoms with E-state index in [9.17, 15) is 5.26 Å². The van der Waals surface area contributed by atoms with Crippen molar-refractivity contribution in [2.45, 2.75) is 51.5 Å². The molecule has 0 amide bonds. The summed E-state index contributed by atoms with van der Waals surface area (Å²) in [4.78, 5) is 5.21. The number of nitrogens with zero attached hydrogens (tertiary/aromatic N) is 3. The fraction of sp³-hybridized carbons (Fsp3) is 0.941. The van der Waals surface area contributed by atoms with Gasteiger partial charge >= 0.3 is 0 Å². The third-order valence-corrected chi connectivity index (χ3v) is 4.84. The minimum Gasteiger partial charge on any atom is -0.301 e. The molecule has 0 radical (unpaired) electrons. The molecule has 1 unspecified atom stereocenters. The van der Waals surface area contributed by atoms with Crippen LogP contribution >= 0.6 is 0 Å². The number of rotatable bonds is 9. The molecule has 1 aliphatic carbocycles. The van der Waals surface area contributed by atoms with E-state index in [1.54, 1.807) is 0 Å². The molecule has 4 heteroatoms. The molecule has 4 nitrogen and oxygen atoms in total. The van der Waals surface area contributed by atoms with E-state index < -0.39 is 0 Å². The van der Waals surface area contributed by atoms with E-state index in [2.05, 4.69) is 28.1 Å². The molecule has 21 heavy (non-hydrogen) atoms. The fourth-order valence-corrected chi connectivity index (χ4v) is 3.10. The molecule has 2 rings (SSSR count). The Balaban J connectivity index is 1.59. The van der Waals surface area contributed by atoms with Gasteiger partial charge in [0.2, 0.25) is 0 Å². The summed E-state index contributed by atoms with van der Waals surface area (Å²) in [5, 5.41) is 12.7. The van der Waals surface area contributed by atoms with E-state index in [4.69, 9.17) is 0 Å². The molecule has 1 saturated carbocycles. The number of piperazine rings is 1. The van der Waals surface area contributed by atoms with Gasteiger partial charge in [-0.15, -0.1) is 0 Å². The van der Waals surface area contributed by atoms with Crippen molar-refractivity contribution in [2.75, 3.05) is 45.8 Å². The molecule has 1 heterocycles. The lowest BCUT2D eigenvalue weighted by molar-refractivity contribution is 0.125. The van der Waals surface area contributed by atoms with Crippen LogP contribution in [0.5, 0.6) is 0 Å². The normalized spacial score (nSPS) is 23.7. The van der Waals surface area contributed by atoms with Crippen LogP contribution in [-0.2, 0) is 0 Å². The summed E-state index contributed by atoms with van der Waals surface area (Å²) in [5.41, 5.74) is -0.343. The molecule has 1 N–H and O–H groups in total. The Bertz CT molecular complexity index is 339. The number of hydrogen-bond acceptors (Lipinski definition) is 4. The van der Waals surface area contributed by atoms with Gasteiger partial charge in [0.1, 0.15) is 5.54 Å². The highest BCUT2D eigenvalue weighted by Gasteiger charge is 2.27. The Kier molecular flexibility index (Phi) is 6.47. The molecule has 0 aromatic heterocycles. The van der Waals surface area contributed by atoms with Gasteiger partial charge in [0.15, 0.2) is 0 Å². The van der Waals surface area contributed by atoms with Gasteiger partial charge in [-0.05, 0) is 58.0 Å². The lowest BCUT2D eigenvalue weighted by Gasteiger charge is -2.35. The predicted octanol–water partition coefficient (Wildman–Crippen LogP) is 2.08. The quantitative estimate of drug-likeness (QED) is 0.706. The highest BCUT2D eigenvalue weighted by Crippen LogP contribution is 2.29. The van der Waals surface area contributed by atoms with Crippen LogP contribution in [0.15, 0.2) is 0 Å². The van der Waals surface area contributed by atoms with Gasteiger partial charge in [-0.2, -0.15) is 5.26 Å². The molecule has 1 atom stereocenters. The van der Waals surface area contributed by atoms with Crippen LogP contribution in [0.25, 0.3) is 0 Å². The summed E-state index contributed by atoms with van der Waals surface area (Å²) in [6, 6.07) is 2.45. The Morgan fingerprint density at radius 1 is 1.19 bits per heavy atom. The Morgan fingerprint density at radius 2 is 1.86 bits per heavy atom. The van der Waals surface area contributed by atoms with E-state index in [1.165, 1.54) is 45.6 Å². The molecule has 0 bridgehead atoms. The zero-order valence-electron chi connectivity index (χ0n) is 13.9. The first kappa shape index (κ1) is 16.7. The van der Waals surface area contributed by atoms with Crippen LogP contribution in [0.4, 0.5) is 0 Å². The zero-order valence-corrected chi connectivity index (χ0v) is 13.9. The van der Waals surface area contributed by atoms with Crippen molar-refractivity contribution in [3.63, 3.8) is 0 Å². The molecule has 120 valence electrons. The first-order chi connectivity index (χ1) is 10.1. The van der Waals surface area contributed by atoms with Crippen LogP contribution in [0.2, 0.25) is 0 Å². The second-order valence-electron chi connectivity index (χ2n) is 7.06. The first-order valence-corrected chi connectivity index (χ1v) is 8.76. The van der Waals surface area contributed by atoms with Crippen LogP contribution in [-0.4, -0.2) is 61.2 Å². The van der Waals surface area contributed by atoms with Crippen molar-refractivity contribution in [3.05, 3.63) is 0 Å². The molecule has 0 aromatic carbocycles. The van der Waals surface area contributed by atoms with E-state index in [-0.39, 0.29) is 5.54 Å². The summed E-state index contributed by atoms with van der Waals surface area (Å²) < 4.78 is 0. The maximum absolute atomic E-state index is 9.34. The van der Waals surface area contributed by atoms with Crippen molar-refractivity contribution in [1.82, 2.24) is 15.1 Å². The molecule has 0 spiro atoms. The standard InChI is InChI=1S/C17H32N4/c1-3-8-19-17(2,15-18)7-4-9-20-10-12-21(13-11-20)14-16-5-6-16/h16,19H,3-14H2,1-2H3. The van der Waals surface area contributed by atoms with Gasteiger partial charge in [0.05, 0.1) is 6.07 Å². The molecule has 1 saturated heterocycles. The second kappa shape index (κ2) is 8.12. The third kappa shape index (κ3) is 5.94. The number of nitrogens with one attached hydrogen (secondary N) is 1. The van der Waals surface area contributed by atoms with Crippen molar-refractivity contribution in [3.8, 4) is 6.07 Å². The minimum atomic E-state index is -0.343. The molecule has 0 aromatic rings. The summed E-state index contributed by atoms with van der Waals surface area (Å²) >= 11 is 0. The molecule has 1 aliphatic heterocycles. The van der Waals surface area contributed by atoms with Crippen LogP contribution in [0.1, 0.15) is 46.0 Å². The average molecular weight is 292 g/mol. The van der Waals surface area contributed by atoms with E-state index in [0.717, 1.165) is 38.3 Å². The van der Waals surface area contributed by atoms with Gasteiger partial charge < -0.3 is 9.80 Å².